The minimum Gasteiger partial charge on any atom is -0.378 e. The quantitative estimate of drug-likeness (QED) is 0.530. The Labute approximate surface area is 97.5 Å². The first-order chi connectivity index (χ1) is 7.33. The van der Waals surface area contributed by atoms with Crippen LogP contribution in [0.5, 0.6) is 0 Å². The highest BCUT2D eigenvalue weighted by Crippen LogP contribution is 2.16. The average Bonchev–Trinajstić information content (AvgIpc) is 2.70. The molecular formula is C12H21NOS. The van der Waals surface area contributed by atoms with Crippen molar-refractivity contribution in [2.75, 3.05) is 24.7 Å². The highest BCUT2D eigenvalue weighted by molar-refractivity contribution is 7.99. The van der Waals surface area contributed by atoms with Crippen LogP contribution in [0.3, 0.4) is 0 Å². The van der Waals surface area contributed by atoms with Gasteiger partial charge in [0.2, 0.25) is 0 Å². The van der Waals surface area contributed by atoms with Gasteiger partial charge in [0.05, 0.1) is 11.9 Å². The molecule has 0 saturated carbocycles. The highest BCUT2D eigenvalue weighted by atomic mass is 32.2. The summed E-state index contributed by atoms with van der Waals surface area (Å²) in [5.74, 6) is 4.55. The van der Waals surface area contributed by atoms with Gasteiger partial charge in [0, 0.05) is 24.9 Å². The SMILES string of the molecule is C#CCSCCNC(C)CC1CCCO1. The van der Waals surface area contributed by atoms with Crippen LogP contribution in [0.1, 0.15) is 26.2 Å². The molecule has 0 bridgehead atoms. The van der Waals surface area contributed by atoms with Gasteiger partial charge >= 0.3 is 0 Å². The summed E-state index contributed by atoms with van der Waals surface area (Å²) in [4.78, 5) is 0. The second kappa shape index (κ2) is 8.04. The number of nitrogens with one attached hydrogen (secondary N) is 1. The first-order valence-corrected chi connectivity index (χ1v) is 6.84. The van der Waals surface area contributed by atoms with E-state index < -0.39 is 0 Å². The zero-order valence-corrected chi connectivity index (χ0v) is 10.3. The number of thioether (sulfide) groups is 1. The molecule has 0 aromatic heterocycles. The standard InChI is InChI=1S/C12H21NOS/c1-3-8-15-9-6-13-11(2)10-12-5-4-7-14-12/h1,11-13H,4-10H2,2H3. The average molecular weight is 227 g/mol. The number of terminal acetylenes is 1. The predicted octanol–water partition coefficient (Wildman–Crippen LogP) is 1.90. The fourth-order valence-electron chi connectivity index (χ4n) is 1.82. The Hall–Kier alpha value is -0.170. The molecule has 0 radical (unpaired) electrons. The second-order valence-electron chi connectivity index (χ2n) is 3.98. The Kier molecular flexibility index (Phi) is 6.91. The molecule has 1 aliphatic heterocycles. The van der Waals surface area contributed by atoms with Gasteiger partial charge in [-0.2, -0.15) is 0 Å². The topological polar surface area (TPSA) is 21.3 Å². The van der Waals surface area contributed by atoms with Gasteiger partial charge in [-0.3, -0.25) is 0 Å². The summed E-state index contributed by atoms with van der Waals surface area (Å²) in [5, 5.41) is 3.50. The van der Waals surface area contributed by atoms with E-state index in [4.69, 9.17) is 11.2 Å². The fourth-order valence-corrected chi connectivity index (χ4v) is 2.34. The van der Waals surface area contributed by atoms with Crippen molar-refractivity contribution >= 4 is 11.8 Å². The fraction of sp³-hybridized carbons (Fsp3) is 0.833. The van der Waals surface area contributed by atoms with Crippen LogP contribution in [-0.4, -0.2) is 36.8 Å². The van der Waals surface area contributed by atoms with Crippen LogP contribution < -0.4 is 5.32 Å². The summed E-state index contributed by atoms with van der Waals surface area (Å²) in [5.41, 5.74) is 0. The largest absolute Gasteiger partial charge is 0.378 e. The van der Waals surface area contributed by atoms with E-state index in [2.05, 4.69) is 18.2 Å². The number of hydrogen-bond acceptors (Lipinski definition) is 3. The maximum absolute atomic E-state index is 5.60. The number of hydrogen-bond donors (Lipinski definition) is 1. The van der Waals surface area contributed by atoms with Crippen molar-refractivity contribution in [1.82, 2.24) is 5.32 Å². The number of rotatable bonds is 7. The summed E-state index contributed by atoms with van der Waals surface area (Å²) >= 11 is 1.81. The zero-order chi connectivity index (χ0) is 10.9. The van der Waals surface area contributed by atoms with Crippen LogP contribution in [0.2, 0.25) is 0 Å². The summed E-state index contributed by atoms with van der Waals surface area (Å²) in [6, 6.07) is 0.555. The van der Waals surface area contributed by atoms with Gasteiger partial charge in [0.1, 0.15) is 0 Å². The summed E-state index contributed by atoms with van der Waals surface area (Å²) in [6.07, 6.45) is 9.27. The normalized spacial score (nSPS) is 22.5. The maximum atomic E-state index is 5.60. The molecule has 1 aliphatic rings. The van der Waals surface area contributed by atoms with Crippen molar-refractivity contribution in [3.8, 4) is 12.3 Å². The van der Waals surface area contributed by atoms with E-state index in [1.165, 1.54) is 12.8 Å². The van der Waals surface area contributed by atoms with Gasteiger partial charge in [0.15, 0.2) is 0 Å². The Morgan fingerprint density at radius 3 is 3.20 bits per heavy atom. The lowest BCUT2D eigenvalue weighted by Crippen LogP contribution is -2.31. The van der Waals surface area contributed by atoms with Crippen LogP contribution in [0.4, 0.5) is 0 Å². The molecule has 0 aliphatic carbocycles. The van der Waals surface area contributed by atoms with E-state index in [-0.39, 0.29) is 0 Å². The van der Waals surface area contributed by atoms with Gasteiger partial charge in [-0.15, -0.1) is 18.2 Å². The molecule has 0 aromatic carbocycles. The van der Waals surface area contributed by atoms with E-state index in [1.54, 1.807) is 0 Å². The molecule has 2 unspecified atom stereocenters. The molecule has 1 fully saturated rings. The van der Waals surface area contributed by atoms with Crippen molar-refractivity contribution in [3.05, 3.63) is 0 Å². The van der Waals surface area contributed by atoms with Gasteiger partial charge < -0.3 is 10.1 Å². The van der Waals surface area contributed by atoms with Crippen molar-refractivity contribution < 1.29 is 4.74 Å². The van der Waals surface area contributed by atoms with Crippen LogP contribution >= 0.6 is 11.8 Å². The van der Waals surface area contributed by atoms with Crippen molar-refractivity contribution in [1.29, 1.82) is 0 Å². The third-order valence-corrected chi connectivity index (χ3v) is 3.43. The van der Waals surface area contributed by atoms with E-state index in [9.17, 15) is 0 Å². The molecule has 3 heteroatoms. The second-order valence-corrected chi connectivity index (χ2v) is 5.09. The lowest BCUT2D eigenvalue weighted by molar-refractivity contribution is 0.0966. The monoisotopic (exact) mass is 227 g/mol. The van der Waals surface area contributed by atoms with E-state index in [0.29, 0.717) is 12.1 Å². The molecule has 1 N–H and O–H groups in total. The van der Waals surface area contributed by atoms with Crippen LogP contribution in [0.15, 0.2) is 0 Å². The molecular weight excluding hydrogens is 206 g/mol. The van der Waals surface area contributed by atoms with Gasteiger partial charge in [0.25, 0.3) is 0 Å². The number of ether oxygens (including phenoxy) is 1. The summed E-state index contributed by atoms with van der Waals surface area (Å²) in [7, 11) is 0. The third kappa shape index (κ3) is 6.09. The molecule has 2 nitrogen and oxygen atoms in total. The molecule has 2 atom stereocenters. The smallest absolute Gasteiger partial charge is 0.0590 e. The van der Waals surface area contributed by atoms with Crippen molar-refractivity contribution in [2.24, 2.45) is 0 Å². The first-order valence-electron chi connectivity index (χ1n) is 5.69. The predicted molar refractivity (Wildman–Crippen MR) is 67.2 cm³/mol. The molecule has 0 aromatic rings. The minimum absolute atomic E-state index is 0.492. The van der Waals surface area contributed by atoms with Gasteiger partial charge in [-0.25, -0.2) is 0 Å². The van der Waals surface area contributed by atoms with Gasteiger partial charge in [-0.1, -0.05) is 5.92 Å². The Balaban J connectivity index is 1.93. The van der Waals surface area contributed by atoms with Crippen molar-refractivity contribution in [2.45, 2.75) is 38.3 Å². The molecule has 15 heavy (non-hydrogen) atoms. The first kappa shape index (κ1) is 12.9. The Morgan fingerprint density at radius 1 is 1.67 bits per heavy atom. The third-order valence-electron chi connectivity index (χ3n) is 2.57. The minimum atomic E-state index is 0.492. The van der Waals surface area contributed by atoms with Crippen LogP contribution in [0.25, 0.3) is 0 Å². The van der Waals surface area contributed by atoms with Gasteiger partial charge in [-0.05, 0) is 26.2 Å². The molecule has 86 valence electrons. The van der Waals surface area contributed by atoms with E-state index in [0.717, 1.165) is 31.1 Å². The van der Waals surface area contributed by atoms with E-state index >= 15 is 0 Å². The maximum Gasteiger partial charge on any atom is 0.0590 e. The lowest BCUT2D eigenvalue weighted by Gasteiger charge is -2.17. The Morgan fingerprint density at radius 2 is 2.53 bits per heavy atom. The molecule has 1 heterocycles. The zero-order valence-electron chi connectivity index (χ0n) is 9.50. The van der Waals surface area contributed by atoms with Crippen molar-refractivity contribution in [3.63, 3.8) is 0 Å². The lowest BCUT2D eigenvalue weighted by atomic mass is 10.1. The summed E-state index contributed by atoms with van der Waals surface area (Å²) in [6.45, 7) is 4.23. The molecule has 1 rings (SSSR count). The molecule has 0 spiro atoms. The highest BCUT2D eigenvalue weighted by Gasteiger charge is 2.17. The van der Waals surface area contributed by atoms with Crippen LogP contribution in [0, 0.1) is 12.3 Å². The van der Waals surface area contributed by atoms with E-state index in [1.807, 2.05) is 11.8 Å². The Bertz CT molecular complexity index is 196. The molecule has 0 amide bonds. The molecule has 1 saturated heterocycles. The summed E-state index contributed by atoms with van der Waals surface area (Å²) < 4.78 is 5.60. The van der Waals surface area contributed by atoms with Crippen LogP contribution in [-0.2, 0) is 4.74 Å².